The minimum absolute atomic E-state index is 0.0574. The Labute approximate surface area is 283 Å². The van der Waals surface area contributed by atoms with Crippen LogP contribution in [0.3, 0.4) is 0 Å². The van der Waals surface area contributed by atoms with Crippen LogP contribution in [0, 0.1) is 34.0 Å². The third kappa shape index (κ3) is 5.76. The van der Waals surface area contributed by atoms with Gasteiger partial charge in [0.15, 0.2) is 0 Å². The number of rotatable bonds is 6. The van der Waals surface area contributed by atoms with Gasteiger partial charge >= 0.3 is 23.5 Å². The van der Waals surface area contributed by atoms with E-state index < -0.39 is 70.1 Å². The zero-order valence-electron chi connectivity index (χ0n) is 27.9. The van der Waals surface area contributed by atoms with Gasteiger partial charge in [0.2, 0.25) is 0 Å². The molecule has 2 aromatic heterocycles. The number of hydrogen-bond donors (Lipinski definition) is 1. The molecule has 256 valence electrons. The van der Waals surface area contributed by atoms with Gasteiger partial charge in [-0.25, -0.2) is 9.59 Å². The Morgan fingerprint density at radius 2 is 1.80 bits per heavy atom. The van der Waals surface area contributed by atoms with Crippen LogP contribution < -0.4 is 10.4 Å². The van der Waals surface area contributed by atoms with Crippen molar-refractivity contribution in [1.29, 1.82) is 5.26 Å². The van der Waals surface area contributed by atoms with E-state index in [-0.39, 0.29) is 35.7 Å². The largest absolute Gasteiger partial charge is 0.482 e. The first-order valence-corrected chi connectivity index (χ1v) is 16.2. The van der Waals surface area contributed by atoms with Crippen LogP contribution in [0.1, 0.15) is 81.5 Å². The summed E-state index contributed by atoms with van der Waals surface area (Å²) in [4.78, 5) is 55.9. The number of carbonyl (C=O) groups excluding carboxylic acids is 3. The predicted octanol–water partition coefficient (Wildman–Crippen LogP) is 4.92. The Bertz CT molecular complexity index is 1890. The van der Waals surface area contributed by atoms with Gasteiger partial charge in [0.25, 0.3) is 0 Å². The fourth-order valence-electron chi connectivity index (χ4n) is 8.72. The van der Waals surface area contributed by atoms with Crippen molar-refractivity contribution in [3.05, 3.63) is 82.0 Å². The summed E-state index contributed by atoms with van der Waals surface area (Å²) in [6, 6.07) is 13.0. The van der Waals surface area contributed by atoms with Crippen molar-refractivity contribution in [2.24, 2.45) is 22.7 Å². The van der Waals surface area contributed by atoms with Crippen molar-refractivity contribution in [3.8, 4) is 23.1 Å². The summed E-state index contributed by atoms with van der Waals surface area (Å²) in [6.45, 7) is 8.12. The van der Waals surface area contributed by atoms with Crippen LogP contribution in [0.25, 0.3) is 11.3 Å². The molecule has 1 aliphatic heterocycles. The summed E-state index contributed by atoms with van der Waals surface area (Å²) < 4.78 is 30.1. The molecule has 1 aromatic carbocycles. The monoisotopic (exact) mass is 670 g/mol. The van der Waals surface area contributed by atoms with E-state index in [1.165, 1.54) is 50.4 Å². The number of esters is 3. The number of ether oxygens (including phenoxy) is 4. The summed E-state index contributed by atoms with van der Waals surface area (Å²) in [5.74, 6) is -2.73. The molecule has 0 radical (unpaired) electrons. The highest BCUT2D eigenvalue weighted by molar-refractivity contribution is 5.89. The van der Waals surface area contributed by atoms with Gasteiger partial charge in [-0.05, 0) is 73.9 Å². The van der Waals surface area contributed by atoms with Crippen molar-refractivity contribution >= 4 is 17.9 Å². The van der Waals surface area contributed by atoms with Gasteiger partial charge in [-0.1, -0.05) is 13.8 Å². The fourth-order valence-corrected chi connectivity index (χ4v) is 8.72. The summed E-state index contributed by atoms with van der Waals surface area (Å²) in [6.07, 6.45) is 1.03. The Hall–Kier alpha value is -5.02. The second-order valence-corrected chi connectivity index (χ2v) is 13.9. The Morgan fingerprint density at radius 1 is 1.06 bits per heavy atom. The number of nitriles is 1. The molecule has 0 unspecified atom stereocenters. The van der Waals surface area contributed by atoms with Crippen molar-refractivity contribution in [3.63, 3.8) is 0 Å². The first-order chi connectivity index (χ1) is 23.2. The summed E-state index contributed by atoms with van der Waals surface area (Å²) >= 11 is 0. The molecule has 2 aliphatic carbocycles. The Kier molecular flexibility index (Phi) is 8.61. The molecular weight excluding hydrogens is 632 g/mol. The zero-order valence-corrected chi connectivity index (χ0v) is 27.9. The van der Waals surface area contributed by atoms with Gasteiger partial charge in [0.05, 0.1) is 23.3 Å². The summed E-state index contributed by atoms with van der Waals surface area (Å²) in [5, 5.41) is 21.5. The number of aliphatic hydroxyl groups excluding tert-OH is 1. The first kappa shape index (κ1) is 33.9. The molecule has 3 aliphatic rings. The molecule has 12 nitrogen and oxygen atoms in total. The minimum Gasteiger partial charge on any atom is -0.482 e. The topological polar surface area (TPSA) is 175 Å². The van der Waals surface area contributed by atoms with Crippen LogP contribution in [-0.2, 0) is 23.8 Å². The van der Waals surface area contributed by atoms with Crippen LogP contribution >= 0.6 is 0 Å². The van der Waals surface area contributed by atoms with Gasteiger partial charge in [-0.3, -0.25) is 14.6 Å². The van der Waals surface area contributed by atoms with Crippen molar-refractivity contribution in [2.75, 3.05) is 6.61 Å². The van der Waals surface area contributed by atoms with Crippen LogP contribution in [0.5, 0.6) is 5.75 Å². The molecule has 0 amide bonds. The molecule has 6 rings (SSSR count). The highest BCUT2D eigenvalue weighted by Gasteiger charge is 2.71. The molecule has 1 N–H and O–H groups in total. The van der Waals surface area contributed by atoms with Crippen molar-refractivity contribution < 1.29 is 42.9 Å². The lowest BCUT2D eigenvalue weighted by atomic mass is 9.42. The standard InChI is InChI=1S/C37H38N2O10/c1-20(40)45-19-36(4)27-16-29(48-33(43)23-10-8-22(17-38)9-11-23)37(5)32(35(27,3)13-12-28(36)46-21(2)41)31(42)30-26(49-37)15-25(47-34(30)44)24-7-6-14-39-18-24/h6-11,14-15,18,27-29,31-32,42H,12-13,16,19H2,1-5H3/t27-,28+,29+,31+,32-,35+,36+,37-/m1/s1. The molecule has 49 heavy (non-hydrogen) atoms. The van der Waals surface area contributed by atoms with E-state index in [1.807, 2.05) is 19.9 Å². The molecule has 3 heterocycles. The fraction of sp³-hybridized carbons (Fsp3) is 0.459. The van der Waals surface area contributed by atoms with Crippen molar-refractivity contribution in [2.45, 2.75) is 77.8 Å². The predicted molar refractivity (Wildman–Crippen MR) is 172 cm³/mol. The maximum Gasteiger partial charge on any atom is 0.345 e. The SMILES string of the molecule is CC(=O)OC[C@@]1(C)[C@@H]2C[C@H](OC(=O)c3ccc(C#N)cc3)[C@@]3(C)Oc4cc(-c5cccnc5)oc(=O)c4[C@H](O)[C@@H]3[C@@]2(C)CC[C@@H]1OC(C)=O. The minimum atomic E-state index is -1.42. The number of nitrogens with zero attached hydrogens (tertiary/aromatic N) is 2. The quantitative estimate of drug-likeness (QED) is 0.277. The van der Waals surface area contributed by atoms with Gasteiger partial charge < -0.3 is 28.5 Å². The van der Waals surface area contributed by atoms with E-state index in [0.29, 0.717) is 24.0 Å². The Balaban J connectivity index is 1.50. The van der Waals surface area contributed by atoms with Gasteiger partial charge in [-0.15, -0.1) is 0 Å². The summed E-state index contributed by atoms with van der Waals surface area (Å²) in [7, 11) is 0. The van der Waals surface area contributed by atoms with Gasteiger partial charge in [0.1, 0.15) is 41.5 Å². The van der Waals surface area contributed by atoms with E-state index in [0.717, 1.165) is 0 Å². The summed E-state index contributed by atoms with van der Waals surface area (Å²) in [5.41, 5.74) is -2.92. The molecule has 12 heteroatoms. The van der Waals surface area contributed by atoms with Crippen molar-refractivity contribution in [1.82, 2.24) is 4.98 Å². The number of hydrogen-bond acceptors (Lipinski definition) is 12. The van der Waals surface area contributed by atoms with Crippen LogP contribution in [0.4, 0.5) is 0 Å². The molecule has 3 aromatic rings. The molecule has 2 fully saturated rings. The highest BCUT2D eigenvalue weighted by Crippen LogP contribution is 2.67. The number of carbonyl (C=O) groups is 3. The molecule has 0 spiro atoms. The zero-order chi connectivity index (χ0) is 35.3. The average Bonchev–Trinajstić information content (AvgIpc) is 3.06. The van der Waals surface area contributed by atoms with E-state index in [2.05, 4.69) is 4.98 Å². The van der Waals surface area contributed by atoms with Crippen LogP contribution in [-0.4, -0.2) is 52.4 Å². The molecule has 0 bridgehead atoms. The molecule has 0 saturated heterocycles. The van der Waals surface area contributed by atoms with Gasteiger partial charge in [0, 0.05) is 49.2 Å². The third-order valence-electron chi connectivity index (χ3n) is 10.9. The van der Waals surface area contributed by atoms with E-state index in [1.54, 1.807) is 25.3 Å². The molecule has 2 saturated carbocycles. The number of aliphatic hydroxyl groups is 1. The highest BCUT2D eigenvalue weighted by atomic mass is 16.6. The average molecular weight is 671 g/mol. The smallest absolute Gasteiger partial charge is 0.345 e. The van der Waals surface area contributed by atoms with E-state index >= 15 is 0 Å². The lowest BCUT2D eigenvalue weighted by molar-refractivity contribution is -0.266. The molecule has 8 atom stereocenters. The second kappa shape index (κ2) is 12.5. The molecular formula is C37H38N2O10. The number of benzene rings is 1. The number of pyridine rings is 1. The third-order valence-corrected chi connectivity index (χ3v) is 10.9. The maximum atomic E-state index is 13.7. The van der Waals surface area contributed by atoms with Crippen LogP contribution in [0.15, 0.2) is 64.1 Å². The lowest BCUT2D eigenvalue weighted by Gasteiger charge is -2.66. The van der Waals surface area contributed by atoms with E-state index in [4.69, 9.17) is 23.4 Å². The van der Waals surface area contributed by atoms with Crippen LogP contribution in [0.2, 0.25) is 0 Å². The maximum absolute atomic E-state index is 13.7. The van der Waals surface area contributed by atoms with Gasteiger partial charge in [-0.2, -0.15) is 5.26 Å². The normalized spacial score (nSPS) is 31.4. The lowest BCUT2D eigenvalue weighted by Crippen LogP contribution is -2.71. The van der Waals surface area contributed by atoms with E-state index in [9.17, 15) is 29.5 Å². The Morgan fingerprint density at radius 3 is 2.43 bits per heavy atom. The first-order valence-electron chi connectivity index (χ1n) is 16.2. The number of fused-ring (bicyclic) bond motifs is 4. The second-order valence-electron chi connectivity index (χ2n) is 13.9. The number of aromatic nitrogens is 1.